The van der Waals surface area contributed by atoms with Gasteiger partial charge in [0.05, 0.1) is 6.04 Å². The van der Waals surface area contributed by atoms with Crippen molar-refractivity contribution in [2.24, 2.45) is 0 Å². The van der Waals surface area contributed by atoms with E-state index < -0.39 is 0 Å². The van der Waals surface area contributed by atoms with Crippen LogP contribution in [0.5, 0.6) is 0 Å². The molecule has 0 aliphatic carbocycles. The molecule has 3 heterocycles. The summed E-state index contributed by atoms with van der Waals surface area (Å²) in [7, 11) is 0. The van der Waals surface area contributed by atoms with Crippen molar-refractivity contribution in [1.82, 2.24) is 20.0 Å². The molecule has 0 bridgehead atoms. The summed E-state index contributed by atoms with van der Waals surface area (Å²) < 4.78 is 0. The third-order valence-electron chi connectivity index (χ3n) is 3.88. The highest BCUT2D eigenvalue weighted by Gasteiger charge is 2.38. The van der Waals surface area contributed by atoms with Crippen LogP contribution >= 0.6 is 0 Å². The maximum Gasteiger partial charge on any atom is 0.320 e. The predicted molar refractivity (Wildman–Crippen MR) is 61.7 cm³/mol. The Morgan fingerprint density at radius 1 is 1.12 bits per heavy atom. The van der Waals surface area contributed by atoms with Crippen LogP contribution in [0.1, 0.15) is 12.8 Å². The number of nitrogens with one attached hydrogen (secondary N) is 1. The average molecular weight is 238 g/mol. The molecule has 6 nitrogen and oxygen atoms in total. The first-order chi connectivity index (χ1) is 8.25. The van der Waals surface area contributed by atoms with Gasteiger partial charge in [0, 0.05) is 39.3 Å². The van der Waals surface area contributed by atoms with Gasteiger partial charge < -0.3 is 20.0 Å². The minimum atomic E-state index is 0.0169. The van der Waals surface area contributed by atoms with E-state index in [4.69, 9.17) is 0 Å². The lowest BCUT2D eigenvalue weighted by molar-refractivity contribution is 0.111. The van der Waals surface area contributed by atoms with Crippen LogP contribution in [-0.4, -0.2) is 72.1 Å². The Hall–Kier alpha value is -1.46. The van der Waals surface area contributed by atoms with E-state index in [0.29, 0.717) is 26.2 Å². The molecule has 0 spiro atoms. The lowest BCUT2D eigenvalue weighted by Crippen LogP contribution is -2.56. The zero-order chi connectivity index (χ0) is 11.8. The molecule has 0 aromatic carbocycles. The third kappa shape index (κ3) is 1.81. The number of urea groups is 2. The highest BCUT2D eigenvalue weighted by Crippen LogP contribution is 2.17. The molecule has 17 heavy (non-hydrogen) atoms. The second-order valence-corrected chi connectivity index (χ2v) is 4.96. The zero-order valence-corrected chi connectivity index (χ0v) is 9.89. The van der Waals surface area contributed by atoms with Crippen molar-refractivity contribution in [3.05, 3.63) is 0 Å². The Kier molecular flexibility index (Phi) is 2.57. The van der Waals surface area contributed by atoms with Crippen molar-refractivity contribution in [3.8, 4) is 0 Å². The molecule has 3 fully saturated rings. The number of nitrogens with zero attached hydrogens (tertiary/aromatic N) is 3. The molecular formula is C11H18N4O2. The molecule has 0 radical (unpaired) electrons. The molecule has 94 valence electrons. The smallest absolute Gasteiger partial charge is 0.320 e. The van der Waals surface area contributed by atoms with E-state index >= 15 is 0 Å². The van der Waals surface area contributed by atoms with Gasteiger partial charge in [-0.05, 0) is 12.8 Å². The highest BCUT2D eigenvalue weighted by atomic mass is 16.2. The van der Waals surface area contributed by atoms with Crippen LogP contribution in [0.3, 0.4) is 0 Å². The van der Waals surface area contributed by atoms with Crippen LogP contribution in [-0.2, 0) is 0 Å². The number of carbonyl (C=O) groups is 2. The molecule has 6 heteroatoms. The number of hydrogen-bond donors (Lipinski definition) is 1. The maximum atomic E-state index is 12.2. The van der Waals surface area contributed by atoms with Gasteiger partial charge in [-0.2, -0.15) is 0 Å². The average Bonchev–Trinajstić information content (AvgIpc) is 2.98. The van der Waals surface area contributed by atoms with Crippen molar-refractivity contribution in [1.29, 1.82) is 0 Å². The molecule has 1 atom stereocenters. The molecular weight excluding hydrogens is 220 g/mol. The standard InChI is InChI=1S/C11H18N4O2/c16-10-12-7-9-8-14(5-6-15(9)10)11(17)13-3-1-2-4-13/h9H,1-8H2,(H,12,16). The van der Waals surface area contributed by atoms with E-state index in [0.717, 1.165) is 25.9 Å². The van der Waals surface area contributed by atoms with E-state index in [2.05, 4.69) is 5.32 Å². The fourth-order valence-electron chi connectivity index (χ4n) is 2.89. The van der Waals surface area contributed by atoms with Gasteiger partial charge in [-0.1, -0.05) is 0 Å². The molecule has 3 aliphatic rings. The summed E-state index contributed by atoms with van der Waals surface area (Å²) >= 11 is 0. The Bertz CT molecular complexity index is 340. The van der Waals surface area contributed by atoms with Gasteiger partial charge in [0.15, 0.2) is 0 Å². The van der Waals surface area contributed by atoms with Crippen LogP contribution in [0.4, 0.5) is 9.59 Å². The normalized spacial score (nSPS) is 28.4. The number of rotatable bonds is 0. The second kappa shape index (κ2) is 4.09. The molecule has 1 N–H and O–H groups in total. The van der Waals surface area contributed by atoms with Crippen molar-refractivity contribution in [2.45, 2.75) is 18.9 Å². The summed E-state index contributed by atoms with van der Waals surface area (Å²) in [6, 6.07) is 0.340. The van der Waals surface area contributed by atoms with Crippen molar-refractivity contribution in [2.75, 3.05) is 39.3 Å². The summed E-state index contributed by atoms with van der Waals surface area (Å²) in [5.74, 6) is 0. The van der Waals surface area contributed by atoms with Crippen LogP contribution < -0.4 is 5.32 Å². The number of fused-ring (bicyclic) bond motifs is 1. The fourth-order valence-corrected chi connectivity index (χ4v) is 2.89. The summed E-state index contributed by atoms with van der Waals surface area (Å²) in [6.45, 7) is 4.45. The molecule has 0 saturated carbocycles. The van der Waals surface area contributed by atoms with E-state index in [-0.39, 0.29) is 18.1 Å². The second-order valence-electron chi connectivity index (χ2n) is 4.96. The first-order valence-corrected chi connectivity index (χ1v) is 6.34. The van der Waals surface area contributed by atoms with Gasteiger partial charge in [-0.15, -0.1) is 0 Å². The quantitative estimate of drug-likeness (QED) is 0.641. The third-order valence-corrected chi connectivity index (χ3v) is 3.88. The van der Waals surface area contributed by atoms with E-state index in [1.807, 2.05) is 14.7 Å². The Labute approximate surface area is 101 Å². The summed E-state index contributed by atoms with van der Waals surface area (Å²) in [4.78, 5) is 29.3. The van der Waals surface area contributed by atoms with Gasteiger partial charge in [0.25, 0.3) is 0 Å². The number of hydrogen-bond acceptors (Lipinski definition) is 2. The van der Waals surface area contributed by atoms with Gasteiger partial charge in [-0.3, -0.25) is 0 Å². The number of likely N-dealkylation sites (tertiary alicyclic amines) is 1. The van der Waals surface area contributed by atoms with E-state index in [9.17, 15) is 9.59 Å². The molecule has 0 aromatic heterocycles. The molecule has 3 rings (SSSR count). The van der Waals surface area contributed by atoms with Crippen LogP contribution in [0.15, 0.2) is 0 Å². The summed E-state index contributed by atoms with van der Waals surface area (Å²) in [5, 5.41) is 2.83. The number of piperazine rings is 1. The van der Waals surface area contributed by atoms with Gasteiger partial charge in [0.2, 0.25) is 0 Å². The largest absolute Gasteiger partial charge is 0.336 e. The first-order valence-electron chi connectivity index (χ1n) is 6.34. The van der Waals surface area contributed by atoms with Crippen LogP contribution in [0, 0.1) is 0 Å². The minimum Gasteiger partial charge on any atom is -0.336 e. The first kappa shape index (κ1) is 10.7. The van der Waals surface area contributed by atoms with Gasteiger partial charge in [0.1, 0.15) is 0 Å². The van der Waals surface area contributed by atoms with Crippen molar-refractivity contribution in [3.63, 3.8) is 0 Å². The predicted octanol–water partition coefficient (Wildman–Crippen LogP) is -0.0884. The number of carbonyl (C=O) groups excluding carboxylic acids is 2. The minimum absolute atomic E-state index is 0.0169. The Balaban J connectivity index is 1.62. The molecule has 3 saturated heterocycles. The SMILES string of the molecule is O=C(N1CCCC1)N1CCN2C(=O)NCC2C1. The monoisotopic (exact) mass is 238 g/mol. The maximum absolute atomic E-state index is 12.2. The zero-order valence-electron chi connectivity index (χ0n) is 9.89. The lowest BCUT2D eigenvalue weighted by Gasteiger charge is -2.38. The number of amides is 4. The topological polar surface area (TPSA) is 55.9 Å². The van der Waals surface area contributed by atoms with Crippen molar-refractivity contribution < 1.29 is 9.59 Å². The highest BCUT2D eigenvalue weighted by molar-refractivity contribution is 5.79. The molecule has 4 amide bonds. The van der Waals surface area contributed by atoms with E-state index in [1.165, 1.54) is 0 Å². The van der Waals surface area contributed by atoms with Gasteiger partial charge >= 0.3 is 12.1 Å². The summed E-state index contributed by atoms with van der Waals surface area (Å²) in [6.07, 6.45) is 2.24. The van der Waals surface area contributed by atoms with Crippen molar-refractivity contribution >= 4 is 12.1 Å². The van der Waals surface area contributed by atoms with E-state index in [1.54, 1.807) is 0 Å². The van der Waals surface area contributed by atoms with Gasteiger partial charge in [-0.25, -0.2) is 9.59 Å². The summed E-state index contributed by atoms with van der Waals surface area (Å²) in [5.41, 5.74) is 0. The molecule has 0 aromatic rings. The Morgan fingerprint density at radius 3 is 2.65 bits per heavy atom. The lowest BCUT2D eigenvalue weighted by atomic mass is 10.2. The fraction of sp³-hybridized carbons (Fsp3) is 0.818. The molecule has 1 unspecified atom stereocenters. The molecule has 3 aliphatic heterocycles. The van der Waals surface area contributed by atoms with Crippen LogP contribution in [0.25, 0.3) is 0 Å². The Morgan fingerprint density at radius 2 is 1.88 bits per heavy atom. The van der Waals surface area contributed by atoms with Crippen LogP contribution in [0.2, 0.25) is 0 Å².